The monoisotopic (exact) mass is 324 g/mol. The summed E-state index contributed by atoms with van der Waals surface area (Å²) >= 11 is 5.87. The minimum Gasteiger partial charge on any atom is -0.457 e. The predicted molar refractivity (Wildman–Crippen MR) is 93.8 cm³/mol. The molecule has 1 aromatic heterocycles. The third-order valence-electron chi connectivity index (χ3n) is 3.33. The summed E-state index contributed by atoms with van der Waals surface area (Å²) in [5.41, 5.74) is 2.40. The number of rotatable bonds is 5. The van der Waals surface area contributed by atoms with Crippen LogP contribution in [0.1, 0.15) is 12.5 Å². The number of allylic oxidation sites excluding steroid dienone is 1. The molecule has 116 valence electrons. The lowest BCUT2D eigenvalue weighted by Crippen LogP contribution is -1.95. The summed E-state index contributed by atoms with van der Waals surface area (Å²) in [6.07, 6.45) is 7.73. The number of hydrogen-bond donors (Lipinski definition) is 0. The number of halogens is 1. The van der Waals surface area contributed by atoms with E-state index in [4.69, 9.17) is 16.3 Å². The van der Waals surface area contributed by atoms with Gasteiger partial charge in [0.05, 0.1) is 6.33 Å². The van der Waals surface area contributed by atoms with Crippen molar-refractivity contribution in [2.24, 2.45) is 0 Å². The van der Waals surface area contributed by atoms with Crippen LogP contribution in [0.15, 0.2) is 72.8 Å². The van der Waals surface area contributed by atoms with Gasteiger partial charge in [-0.3, -0.25) is 0 Å². The molecule has 3 nitrogen and oxygen atoms in total. The standard InChI is InChI=1S/C19H17ClN2O/c1-15(13-22-11-10-21-14-22)12-16-2-6-18(7-3-16)23-19-8-4-17(20)5-9-19/h2-12,14H,13H2,1H3. The highest BCUT2D eigenvalue weighted by molar-refractivity contribution is 6.30. The summed E-state index contributed by atoms with van der Waals surface area (Å²) in [5.74, 6) is 1.57. The number of nitrogens with zero attached hydrogens (tertiary/aromatic N) is 2. The summed E-state index contributed by atoms with van der Waals surface area (Å²) in [5, 5.41) is 0.700. The second-order valence-electron chi connectivity index (χ2n) is 5.35. The smallest absolute Gasteiger partial charge is 0.127 e. The molecule has 1 heterocycles. The molecule has 0 unspecified atom stereocenters. The Morgan fingerprint density at radius 3 is 2.35 bits per heavy atom. The Morgan fingerprint density at radius 1 is 1.09 bits per heavy atom. The van der Waals surface area contributed by atoms with Crippen molar-refractivity contribution in [3.8, 4) is 11.5 Å². The molecule has 2 aromatic carbocycles. The average Bonchev–Trinajstić information content (AvgIpc) is 3.04. The molecule has 0 fully saturated rings. The van der Waals surface area contributed by atoms with Gasteiger partial charge in [0, 0.05) is 24.0 Å². The average molecular weight is 325 g/mol. The van der Waals surface area contributed by atoms with Crippen molar-refractivity contribution < 1.29 is 4.74 Å². The van der Waals surface area contributed by atoms with Crippen molar-refractivity contribution in [3.05, 3.63) is 83.4 Å². The lowest BCUT2D eigenvalue weighted by molar-refractivity contribution is 0.482. The van der Waals surface area contributed by atoms with Crippen LogP contribution in [-0.4, -0.2) is 9.55 Å². The molecule has 4 heteroatoms. The Kier molecular flexibility index (Phi) is 4.79. The molecule has 0 bridgehead atoms. The molecular weight excluding hydrogens is 308 g/mol. The molecule has 3 aromatic rings. The zero-order valence-electron chi connectivity index (χ0n) is 12.8. The van der Waals surface area contributed by atoms with Gasteiger partial charge in [0.15, 0.2) is 0 Å². The third-order valence-corrected chi connectivity index (χ3v) is 3.59. The molecule has 0 aliphatic carbocycles. The van der Waals surface area contributed by atoms with Gasteiger partial charge < -0.3 is 9.30 Å². The SMILES string of the molecule is CC(=Cc1ccc(Oc2ccc(Cl)cc2)cc1)Cn1ccnc1. The maximum absolute atomic E-state index is 5.87. The Bertz CT molecular complexity index is 775. The molecule has 0 atom stereocenters. The van der Waals surface area contributed by atoms with Crippen LogP contribution in [0.3, 0.4) is 0 Å². The van der Waals surface area contributed by atoms with Crippen LogP contribution in [0.5, 0.6) is 11.5 Å². The molecule has 0 amide bonds. The largest absolute Gasteiger partial charge is 0.457 e. The van der Waals surface area contributed by atoms with Crippen molar-refractivity contribution in [2.45, 2.75) is 13.5 Å². The summed E-state index contributed by atoms with van der Waals surface area (Å²) in [4.78, 5) is 4.05. The van der Waals surface area contributed by atoms with E-state index in [9.17, 15) is 0 Å². The van der Waals surface area contributed by atoms with Crippen LogP contribution in [0.2, 0.25) is 5.02 Å². The third kappa shape index (κ3) is 4.47. The second-order valence-corrected chi connectivity index (χ2v) is 5.79. The highest BCUT2D eigenvalue weighted by Gasteiger charge is 1.98. The van der Waals surface area contributed by atoms with Crippen molar-refractivity contribution in [3.63, 3.8) is 0 Å². The van der Waals surface area contributed by atoms with Gasteiger partial charge in [-0.05, 0) is 48.9 Å². The van der Waals surface area contributed by atoms with E-state index in [0.717, 1.165) is 23.6 Å². The van der Waals surface area contributed by atoms with E-state index in [0.29, 0.717) is 5.02 Å². The van der Waals surface area contributed by atoms with Crippen LogP contribution < -0.4 is 4.74 Å². The van der Waals surface area contributed by atoms with Gasteiger partial charge >= 0.3 is 0 Å². The lowest BCUT2D eigenvalue weighted by atomic mass is 10.1. The number of aromatic nitrogens is 2. The Labute approximate surface area is 140 Å². The minimum absolute atomic E-state index is 0.700. The van der Waals surface area contributed by atoms with Gasteiger partial charge in [-0.15, -0.1) is 0 Å². The van der Waals surface area contributed by atoms with E-state index in [2.05, 4.69) is 18.0 Å². The molecule has 0 radical (unpaired) electrons. The van der Waals surface area contributed by atoms with E-state index in [1.807, 2.05) is 65.6 Å². The fourth-order valence-electron chi connectivity index (χ4n) is 2.27. The Balaban J connectivity index is 1.65. The fourth-order valence-corrected chi connectivity index (χ4v) is 2.40. The summed E-state index contributed by atoms with van der Waals surface area (Å²) in [7, 11) is 0. The number of ether oxygens (including phenoxy) is 1. The molecular formula is C19H17ClN2O. The number of benzene rings is 2. The van der Waals surface area contributed by atoms with Crippen molar-refractivity contribution >= 4 is 17.7 Å². The topological polar surface area (TPSA) is 27.1 Å². The second kappa shape index (κ2) is 7.16. The van der Waals surface area contributed by atoms with E-state index in [-0.39, 0.29) is 0 Å². The summed E-state index contributed by atoms with van der Waals surface area (Å²) in [6, 6.07) is 15.3. The maximum Gasteiger partial charge on any atom is 0.127 e. The van der Waals surface area contributed by atoms with Gasteiger partial charge in [-0.2, -0.15) is 0 Å². The Morgan fingerprint density at radius 2 is 1.74 bits per heavy atom. The van der Waals surface area contributed by atoms with Crippen LogP contribution in [-0.2, 0) is 6.54 Å². The van der Waals surface area contributed by atoms with Crippen molar-refractivity contribution in [1.29, 1.82) is 0 Å². The molecule has 0 aliphatic rings. The molecule has 0 aliphatic heterocycles. The quantitative estimate of drug-likeness (QED) is 0.625. The van der Waals surface area contributed by atoms with Gasteiger partial charge in [0.25, 0.3) is 0 Å². The zero-order valence-corrected chi connectivity index (χ0v) is 13.6. The molecule has 0 saturated carbocycles. The van der Waals surface area contributed by atoms with E-state index in [1.54, 1.807) is 6.20 Å². The predicted octanol–water partition coefficient (Wildman–Crippen LogP) is 5.43. The zero-order chi connectivity index (χ0) is 16.1. The summed E-state index contributed by atoms with van der Waals surface area (Å²) < 4.78 is 7.83. The molecule has 0 N–H and O–H groups in total. The first-order chi connectivity index (χ1) is 11.2. The summed E-state index contributed by atoms with van der Waals surface area (Å²) in [6.45, 7) is 2.95. The van der Waals surface area contributed by atoms with Crippen LogP contribution in [0.25, 0.3) is 6.08 Å². The molecule has 3 rings (SSSR count). The normalized spacial score (nSPS) is 11.5. The highest BCUT2D eigenvalue weighted by atomic mass is 35.5. The first kappa shape index (κ1) is 15.4. The first-order valence-electron chi connectivity index (χ1n) is 7.35. The van der Waals surface area contributed by atoms with E-state index >= 15 is 0 Å². The van der Waals surface area contributed by atoms with Crippen molar-refractivity contribution in [1.82, 2.24) is 9.55 Å². The first-order valence-corrected chi connectivity index (χ1v) is 7.73. The van der Waals surface area contributed by atoms with Crippen LogP contribution >= 0.6 is 11.6 Å². The van der Waals surface area contributed by atoms with E-state index < -0.39 is 0 Å². The lowest BCUT2D eigenvalue weighted by Gasteiger charge is -2.07. The molecule has 23 heavy (non-hydrogen) atoms. The fraction of sp³-hybridized carbons (Fsp3) is 0.105. The number of hydrogen-bond acceptors (Lipinski definition) is 2. The minimum atomic E-state index is 0.700. The van der Waals surface area contributed by atoms with Gasteiger partial charge in [-0.25, -0.2) is 4.98 Å². The van der Waals surface area contributed by atoms with Gasteiger partial charge in [0.2, 0.25) is 0 Å². The molecule has 0 saturated heterocycles. The van der Waals surface area contributed by atoms with Crippen LogP contribution in [0, 0.1) is 0 Å². The van der Waals surface area contributed by atoms with Crippen LogP contribution in [0.4, 0.5) is 0 Å². The Hall–Kier alpha value is -2.52. The number of imidazole rings is 1. The molecule has 0 spiro atoms. The highest BCUT2D eigenvalue weighted by Crippen LogP contribution is 2.23. The maximum atomic E-state index is 5.87. The van der Waals surface area contributed by atoms with Gasteiger partial charge in [-0.1, -0.05) is 35.4 Å². The van der Waals surface area contributed by atoms with E-state index in [1.165, 1.54) is 5.57 Å². The van der Waals surface area contributed by atoms with Crippen molar-refractivity contribution in [2.75, 3.05) is 0 Å². The van der Waals surface area contributed by atoms with Gasteiger partial charge in [0.1, 0.15) is 11.5 Å².